The minimum atomic E-state index is -1.31. The normalized spacial score (nSPS) is 10.4. The Balaban J connectivity index is 2.16. The Morgan fingerprint density at radius 1 is 0.625 bits per heavy atom. The lowest BCUT2D eigenvalue weighted by Crippen LogP contribution is -2.14. The molecule has 0 atom stereocenters. The molecule has 0 radical (unpaired) electrons. The van der Waals surface area contributed by atoms with Crippen LogP contribution < -0.4 is 0 Å². The molecule has 0 aliphatic carbocycles. The van der Waals surface area contributed by atoms with Gasteiger partial charge in [0.05, 0.1) is 5.56 Å². The average molecular weight is 322 g/mol. The lowest BCUT2D eigenvalue weighted by molar-refractivity contribution is 0.0999. The Morgan fingerprint density at radius 2 is 1.12 bits per heavy atom. The Hall–Kier alpha value is -3.14. The predicted molar refractivity (Wildman–Crippen MR) is 86.1 cm³/mol. The van der Waals surface area contributed by atoms with E-state index in [-0.39, 0.29) is 11.1 Å². The monoisotopic (exact) mass is 322 g/mol. The van der Waals surface area contributed by atoms with Gasteiger partial charge in [0.2, 0.25) is 0 Å². The van der Waals surface area contributed by atoms with E-state index in [1.54, 1.807) is 48.5 Å². The van der Waals surface area contributed by atoms with E-state index in [9.17, 15) is 18.4 Å². The summed E-state index contributed by atoms with van der Waals surface area (Å²) < 4.78 is 28.0. The smallest absolute Gasteiger partial charge is 0.196 e. The summed E-state index contributed by atoms with van der Waals surface area (Å²) >= 11 is 0. The highest BCUT2D eigenvalue weighted by Crippen LogP contribution is 2.23. The van der Waals surface area contributed by atoms with Gasteiger partial charge in [-0.2, -0.15) is 0 Å². The first-order valence-corrected chi connectivity index (χ1v) is 7.27. The van der Waals surface area contributed by atoms with Gasteiger partial charge in [0, 0.05) is 16.7 Å². The topological polar surface area (TPSA) is 34.1 Å². The van der Waals surface area contributed by atoms with Crippen LogP contribution in [-0.2, 0) is 0 Å². The molecule has 0 aliphatic heterocycles. The molecular weight excluding hydrogens is 310 g/mol. The fourth-order valence-corrected chi connectivity index (χ4v) is 2.44. The molecule has 0 fully saturated rings. The summed E-state index contributed by atoms with van der Waals surface area (Å²) in [4.78, 5) is 25.2. The van der Waals surface area contributed by atoms with Gasteiger partial charge in [-0.3, -0.25) is 9.59 Å². The van der Waals surface area contributed by atoms with Crippen molar-refractivity contribution in [1.82, 2.24) is 0 Å². The molecule has 3 rings (SSSR count). The molecule has 0 heterocycles. The molecule has 0 N–H and O–H groups in total. The van der Waals surface area contributed by atoms with Crippen molar-refractivity contribution in [3.63, 3.8) is 0 Å². The van der Waals surface area contributed by atoms with E-state index < -0.39 is 28.8 Å². The summed E-state index contributed by atoms with van der Waals surface area (Å²) in [5.74, 6) is -3.75. The van der Waals surface area contributed by atoms with E-state index >= 15 is 0 Å². The Kier molecular flexibility index (Phi) is 4.29. The van der Waals surface area contributed by atoms with E-state index in [1.807, 2.05) is 0 Å². The van der Waals surface area contributed by atoms with Crippen molar-refractivity contribution in [2.24, 2.45) is 0 Å². The zero-order chi connectivity index (χ0) is 17.1. The van der Waals surface area contributed by atoms with Crippen molar-refractivity contribution in [3.05, 3.63) is 107 Å². The summed E-state index contributed by atoms with van der Waals surface area (Å²) in [6.45, 7) is 0. The molecule has 0 spiro atoms. The molecule has 0 aromatic heterocycles. The molecule has 24 heavy (non-hydrogen) atoms. The lowest BCUT2D eigenvalue weighted by atomic mass is 9.92. The third-order valence-corrected chi connectivity index (χ3v) is 3.64. The SMILES string of the molecule is O=C(c1ccccc1)c1ccc(F)c(F)c1C(=O)c1ccccc1. The zero-order valence-corrected chi connectivity index (χ0v) is 12.5. The second-order valence-electron chi connectivity index (χ2n) is 5.17. The van der Waals surface area contributed by atoms with Crippen LogP contribution in [0.3, 0.4) is 0 Å². The van der Waals surface area contributed by atoms with Crippen LogP contribution in [0.25, 0.3) is 0 Å². The van der Waals surface area contributed by atoms with Crippen molar-refractivity contribution >= 4 is 11.6 Å². The maximum atomic E-state index is 14.3. The number of halogens is 2. The molecule has 118 valence electrons. The van der Waals surface area contributed by atoms with E-state index in [0.29, 0.717) is 5.56 Å². The summed E-state index contributed by atoms with van der Waals surface area (Å²) in [6, 6.07) is 18.1. The summed E-state index contributed by atoms with van der Waals surface area (Å²) in [5.41, 5.74) is -0.223. The van der Waals surface area contributed by atoms with Gasteiger partial charge in [-0.05, 0) is 12.1 Å². The number of hydrogen-bond acceptors (Lipinski definition) is 2. The Bertz CT molecular complexity index is 904. The van der Waals surface area contributed by atoms with Gasteiger partial charge in [-0.1, -0.05) is 60.7 Å². The zero-order valence-electron chi connectivity index (χ0n) is 12.5. The van der Waals surface area contributed by atoms with Gasteiger partial charge >= 0.3 is 0 Å². The van der Waals surface area contributed by atoms with Gasteiger partial charge in [-0.15, -0.1) is 0 Å². The molecule has 0 saturated heterocycles. The fraction of sp³-hybridized carbons (Fsp3) is 0. The summed E-state index contributed by atoms with van der Waals surface area (Å²) in [5, 5.41) is 0. The molecule has 0 aliphatic rings. The van der Waals surface area contributed by atoms with Crippen LogP contribution in [0.5, 0.6) is 0 Å². The van der Waals surface area contributed by atoms with E-state index in [0.717, 1.165) is 12.1 Å². The van der Waals surface area contributed by atoms with Crippen LogP contribution in [0.2, 0.25) is 0 Å². The van der Waals surface area contributed by atoms with E-state index in [2.05, 4.69) is 0 Å². The summed E-state index contributed by atoms with van der Waals surface area (Å²) in [6.07, 6.45) is 0. The van der Waals surface area contributed by atoms with Gasteiger partial charge in [0.25, 0.3) is 0 Å². The third kappa shape index (κ3) is 2.86. The molecule has 0 amide bonds. The van der Waals surface area contributed by atoms with Crippen LogP contribution in [-0.4, -0.2) is 11.6 Å². The maximum Gasteiger partial charge on any atom is 0.196 e. The molecule has 0 saturated carbocycles. The highest BCUT2D eigenvalue weighted by molar-refractivity contribution is 6.19. The van der Waals surface area contributed by atoms with E-state index in [1.165, 1.54) is 12.1 Å². The second-order valence-corrected chi connectivity index (χ2v) is 5.17. The lowest BCUT2D eigenvalue weighted by Gasteiger charge is -2.10. The fourth-order valence-electron chi connectivity index (χ4n) is 2.44. The molecule has 4 heteroatoms. The molecule has 3 aromatic rings. The predicted octanol–water partition coefficient (Wildman–Crippen LogP) is 4.43. The minimum Gasteiger partial charge on any atom is -0.289 e. The highest BCUT2D eigenvalue weighted by atomic mass is 19.2. The van der Waals surface area contributed by atoms with Crippen LogP contribution in [0, 0.1) is 11.6 Å². The van der Waals surface area contributed by atoms with Crippen LogP contribution in [0.15, 0.2) is 72.8 Å². The van der Waals surface area contributed by atoms with Gasteiger partial charge in [0.1, 0.15) is 0 Å². The number of carbonyl (C=O) groups excluding carboxylic acids is 2. The number of ketones is 2. The Labute approximate surface area is 137 Å². The van der Waals surface area contributed by atoms with Crippen molar-refractivity contribution in [2.75, 3.05) is 0 Å². The van der Waals surface area contributed by atoms with Gasteiger partial charge < -0.3 is 0 Å². The molecule has 0 bridgehead atoms. The number of hydrogen-bond donors (Lipinski definition) is 0. The first-order chi connectivity index (χ1) is 11.6. The number of carbonyl (C=O) groups is 2. The van der Waals surface area contributed by atoms with Gasteiger partial charge in [-0.25, -0.2) is 8.78 Å². The quantitative estimate of drug-likeness (QED) is 0.666. The van der Waals surface area contributed by atoms with Crippen LogP contribution in [0.4, 0.5) is 8.78 Å². The minimum absolute atomic E-state index is 0.158. The van der Waals surface area contributed by atoms with Crippen LogP contribution in [0.1, 0.15) is 31.8 Å². The molecular formula is C20H12F2O2. The van der Waals surface area contributed by atoms with E-state index in [4.69, 9.17) is 0 Å². The maximum absolute atomic E-state index is 14.3. The van der Waals surface area contributed by atoms with Crippen molar-refractivity contribution in [1.29, 1.82) is 0 Å². The number of rotatable bonds is 4. The first kappa shape index (κ1) is 15.7. The van der Waals surface area contributed by atoms with Crippen LogP contribution >= 0.6 is 0 Å². The standard InChI is InChI=1S/C20H12F2O2/c21-16-12-11-15(19(23)13-7-3-1-4-8-13)17(18(16)22)20(24)14-9-5-2-6-10-14/h1-12H. The van der Waals surface area contributed by atoms with Crippen molar-refractivity contribution in [3.8, 4) is 0 Å². The molecule has 0 unspecified atom stereocenters. The second kappa shape index (κ2) is 6.54. The highest BCUT2D eigenvalue weighted by Gasteiger charge is 2.25. The number of benzene rings is 3. The Morgan fingerprint density at radius 3 is 1.67 bits per heavy atom. The average Bonchev–Trinajstić information content (AvgIpc) is 2.64. The molecule has 3 aromatic carbocycles. The van der Waals surface area contributed by atoms with Gasteiger partial charge in [0.15, 0.2) is 23.2 Å². The molecule has 2 nitrogen and oxygen atoms in total. The first-order valence-electron chi connectivity index (χ1n) is 7.27. The third-order valence-electron chi connectivity index (χ3n) is 3.64. The van der Waals surface area contributed by atoms with Crippen molar-refractivity contribution in [2.45, 2.75) is 0 Å². The largest absolute Gasteiger partial charge is 0.289 e. The summed E-state index contributed by atoms with van der Waals surface area (Å²) in [7, 11) is 0. The van der Waals surface area contributed by atoms with Crippen molar-refractivity contribution < 1.29 is 18.4 Å².